The van der Waals surface area contributed by atoms with Gasteiger partial charge in [0.1, 0.15) is 0 Å². The number of rotatable bonds is 7. The summed E-state index contributed by atoms with van der Waals surface area (Å²) in [6, 6.07) is 6.15. The minimum Gasteiger partial charge on any atom is -0.454 e. The second-order valence-corrected chi connectivity index (χ2v) is 8.36. The molecule has 1 amide bonds. The zero-order valence-electron chi connectivity index (χ0n) is 18.0. The number of piperazine rings is 1. The maximum Gasteiger partial charge on any atom is 0.234 e. The number of nitrogens with zero attached hydrogens (tertiary/aromatic N) is 2. The molecule has 8 heteroatoms. The minimum absolute atomic E-state index is 0.0218. The molecular weight excluding hydrogens is 386 g/mol. The number of fused-ring (bicyclic) bond motifs is 1. The molecule has 30 heavy (non-hydrogen) atoms. The van der Waals surface area contributed by atoms with Crippen molar-refractivity contribution in [1.82, 2.24) is 15.1 Å². The van der Waals surface area contributed by atoms with Gasteiger partial charge in [-0.1, -0.05) is 6.07 Å². The van der Waals surface area contributed by atoms with Gasteiger partial charge in [0.2, 0.25) is 12.7 Å². The standard InChI is InChI=1S/C22H33N3O5/c1-27-17-4-6-19(28-2)18(12-17)23-22(26)14-25-9-7-24(8-10-25)13-16-3-5-20-21(11-16)30-15-29-20/h3,5,11,17-19H,4,6-10,12-15H2,1-2H3,(H,23,26)/t17-,18-,19-/m0/s1. The molecule has 3 aliphatic rings. The van der Waals surface area contributed by atoms with E-state index in [0.717, 1.165) is 63.5 Å². The lowest BCUT2D eigenvalue weighted by Crippen LogP contribution is -2.53. The molecule has 2 fully saturated rings. The number of methoxy groups -OCH3 is 2. The molecule has 1 aromatic rings. The Bertz CT molecular complexity index is 723. The number of amides is 1. The number of hydrogen-bond acceptors (Lipinski definition) is 7. The van der Waals surface area contributed by atoms with Gasteiger partial charge < -0.3 is 24.3 Å². The molecule has 0 bridgehead atoms. The highest BCUT2D eigenvalue weighted by atomic mass is 16.7. The molecule has 0 unspecified atom stereocenters. The molecule has 1 saturated heterocycles. The fourth-order valence-corrected chi connectivity index (χ4v) is 4.61. The van der Waals surface area contributed by atoms with Crippen LogP contribution in [0, 0.1) is 0 Å². The van der Waals surface area contributed by atoms with Crippen LogP contribution in [-0.2, 0) is 20.8 Å². The summed E-state index contributed by atoms with van der Waals surface area (Å²) in [6.45, 7) is 5.27. The summed E-state index contributed by atoms with van der Waals surface area (Å²) in [6.07, 6.45) is 2.97. The van der Waals surface area contributed by atoms with Crippen LogP contribution in [0.1, 0.15) is 24.8 Å². The first-order chi connectivity index (χ1) is 14.6. The van der Waals surface area contributed by atoms with Crippen molar-refractivity contribution in [2.24, 2.45) is 0 Å². The number of benzene rings is 1. The van der Waals surface area contributed by atoms with E-state index in [2.05, 4.69) is 27.2 Å². The third-order valence-electron chi connectivity index (χ3n) is 6.40. The summed E-state index contributed by atoms with van der Waals surface area (Å²) in [5.74, 6) is 1.72. The second kappa shape index (κ2) is 9.96. The lowest BCUT2D eigenvalue weighted by molar-refractivity contribution is -0.125. The molecular formula is C22H33N3O5. The van der Waals surface area contributed by atoms with Crippen LogP contribution in [0.4, 0.5) is 0 Å². The molecule has 0 aromatic heterocycles. The highest BCUT2D eigenvalue weighted by Gasteiger charge is 2.32. The lowest BCUT2D eigenvalue weighted by atomic mass is 9.90. The van der Waals surface area contributed by atoms with E-state index in [1.54, 1.807) is 14.2 Å². The third kappa shape index (κ3) is 5.24. The molecule has 3 atom stereocenters. The number of carbonyl (C=O) groups excluding carboxylic acids is 1. The zero-order valence-corrected chi connectivity index (χ0v) is 18.0. The summed E-state index contributed by atoms with van der Waals surface area (Å²) in [5, 5.41) is 3.18. The van der Waals surface area contributed by atoms with Gasteiger partial charge >= 0.3 is 0 Å². The van der Waals surface area contributed by atoms with Crippen LogP contribution in [0.2, 0.25) is 0 Å². The fourth-order valence-electron chi connectivity index (χ4n) is 4.61. The van der Waals surface area contributed by atoms with Crippen molar-refractivity contribution in [2.45, 2.75) is 44.1 Å². The Morgan fingerprint density at radius 1 is 1.07 bits per heavy atom. The lowest BCUT2D eigenvalue weighted by Gasteiger charge is -2.37. The van der Waals surface area contributed by atoms with Gasteiger partial charge in [0.25, 0.3) is 0 Å². The molecule has 0 spiro atoms. The van der Waals surface area contributed by atoms with E-state index in [1.165, 1.54) is 5.56 Å². The molecule has 1 saturated carbocycles. The van der Waals surface area contributed by atoms with Gasteiger partial charge in [0, 0.05) is 46.9 Å². The monoisotopic (exact) mass is 419 g/mol. The second-order valence-electron chi connectivity index (χ2n) is 8.36. The SMILES string of the molecule is CO[C@H]1CC[C@H](OC)[C@@H](NC(=O)CN2CCN(Cc3ccc4c(c3)OCO4)CC2)C1. The van der Waals surface area contributed by atoms with Crippen LogP contribution in [0.15, 0.2) is 18.2 Å². The van der Waals surface area contributed by atoms with E-state index < -0.39 is 0 Å². The van der Waals surface area contributed by atoms with E-state index in [-0.39, 0.29) is 24.2 Å². The Morgan fingerprint density at radius 3 is 2.60 bits per heavy atom. The summed E-state index contributed by atoms with van der Waals surface area (Å²) in [5.41, 5.74) is 1.22. The maximum atomic E-state index is 12.6. The number of hydrogen-bond donors (Lipinski definition) is 1. The van der Waals surface area contributed by atoms with Crippen LogP contribution < -0.4 is 14.8 Å². The number of carbonyl (C=O) groups is 1. The Hall–Kier alpha value is -1.87. The van der Waals surface area contributed by atoms with Crippen LogP contribution in [-0.4, -0.2) is 87.7 Å². The molecule has 0 radical (unpaired) electrons. The van der Waals surface area contributed by atoms with Crippen molar-refractivity contribution in [3.8, 4) is 11.5 Å². The Labute approximate surface area is 178 Å². The highest BCUT2D eigenvalue weighted by molar-refractivity contribution is 5.78. The van der Waals surface area contributed by atoms with Gasteiger partial charge in [-0.3, -0.25) is 14.6 Å². The fraction of sp³-hybridized carbons (Fsp3) is 0.682. The zero-order chi connectivity index (χ0) is 20.9. The van der Waals surface area contributed by atoms with E-state index in [9.17, 15) is 4.79 Å². The molecule has 2 aliphatic heterocycles. The molecule has 166 valence electrons. The number of nitrogens with one attached hydrogen (secondary N) is 1. The Balaban J connectivity index is 1.21. The average molecular weight is 420 g/mol. The van der Waals surface area contributed by atoms with Crippen molar-refractivity contribution in [1.29, 1.82) is 0 Å². The highest BCUT2D eigenvalue weighted by Crippen LogP contribution is 2.32. The largest absolute Gasteiger partial charge is 0.454 e. The van der Waals surface area contributed by atoms with Crippen LogP contribution in [0.5, 0.6) is 11.5 Å². The first-order valence-electron chi connectivity index (χ1n) is 10.8. The summed E-state index contributed by atoms with van der Waals surface area (Å²) in [4.78, 5) is 17.3. The smallest absolute Gasteiger partial charge is 0.234 e. The first-order valence-corrected chi connectivity index (χ1v) is 10.8. The predicted molar refractivity (Wildman–Crippen MR) is 112 cm³/mol. The summed E-state index contributed by atoms with van der Waals surface area (Å²) >= 11 is 0. The van der Waals surface area contributed by atoms with Crippen molar-refractivity contribution < 1.29 is 23.7 Å². The van der Waals surface area contributed by atoms with Gasteiger partial charge in [-0.15, -0.1) is 0 Å². The normalized spacial score (nSPS) is 27.2. The maximum absolute atomic E-state index is 12.6. The molecule has 1 aromatic carbocycles. The quantitative estimate of drug-likeness (QED) is 0.713. The van der Waals surface area contributed by atoms with E-state index in [0.29, 0.717) is 13.3 Å². The van der Waals surface area contributed by atoms with E-state index in [4.69, 9.17) is 18.9 Å². The van der Waals surface area contributed by atoms with Gasteiger partial charge in [-0.05, 0) is 37.0 Å². The molecule has 1 aliphatic carbocycles. The van der Waals surface area contributed by atoms with E-state index >= 15 is 0 Å². The minimum atomic E-state index is 0.0218. The van der Waals surface area contributed by atoms with Crippen molar-refractivity contribution in [3.63, 3.8) is 0 Å². The summed E-state index contributed by atoms with van der Waals surface area (Å²) < 4.78 is 21.9. The third-order valence-corrected chi connectivity index (χ3v) is 6.40. The molecule has 4 rings (SSSR count). The molecule has 1 N–H and O–H groups in total. The first kappa shape index (κ1) is 21.4. The van der Waals surface area contributed by atoms with E-state index in [1.807, 2.05) is 6.07 Å². The van der Waals surface area contributed by atoms with Crippen LogP contribution in [0.3, 0.4) is 0 Å². The van der Waals surface area contributed by atoms with Crippen molar-refractivity contribution in [2.75, 3.05) is 53.7 Å². The van der Waals surface area contributed by atoms with Crippen LogP contribution in [0.25, 0.3) is 0 Å². The topological polar surface area (TPSA) is 72.5 Å². The summed E-state index contributed by atoms with van der Waals surface area (Å²) in [7, 11) is 3.45. The molecule has 2 heterocycles. The van der Waals surface area contributed by atoms with Gasteiger partial charge in [0.15, 0.2) is 11.5 Å². The average Bonchev–Trinajstić information content (AvgIpc) is 3.23. The van der Waals surface area contributed by atoms with Gasteiger partial charge in [0.05, 0.1) is 24.8 Å². The number of ether oxygens (including phenoxy) is 4. The predicted octanol–water partition coefficient (Wildman–Crippen LogP) is 1.23. The van der Waals surface area contributed by atoms with Gasteiger partial charge in [-0.25, -0.2) is 0 Å². The van der Waals surface area contributed by atoms with Gasteiger partial charge in [-0.2, -0.15) is 0 Å². The van der Waals surface area contributed by atoms with Crippen LogP contribution >= 0.6 is 0 Å². The molecule has 8 nitrogen and oxygen atoms in total. The Morgan fingerprint density at radius 2 is 1.83 bits per heavy atom. The van der Waals surface area contributed by atoms with Crippen molar-refractivity contribution >= 4 is 5.91 Å². The van der Waals surface area contributed by atoms with Crippen molar-refractivity contribution in [3.05, 3.63) is 23.8 Å². The Kier molecular flexibility index (Phi) is 7.09.